The molecule has 1 N–H and O–H groups in total. The summed E-state index contributed by atoms with van der Waals surface area (Å²) in [6.07, 6.45) is 5.66. The van der Waals surface area contributed by atoms with E-state index >= 15 is 0 Å². The van der Waals surface area contributed by atoms with Crippen LogP contribution >= 0.6 is 0 Å². The molecule has 1 heterocycles. The van der Waals surface area contributed by atoms with Crippen LogP contribution in [-0.4, -0.2) is 20.6 Å². The number of aromatic nitrogens is 2. The van der Waals surface area contributed by atoms with Crippen LogP contribution in [0.4, 0.5) is 4.39 Å². The number of carbonyl (C=O) groups is 1. The van der Waals surface area contributed by atoms with Crippen LogP contribution < -0.4 is 0 Å². The lowest BCUT2D eigenvalue weighted by atomic mass is 10.1. The van der Waals surface area contributed by atoms with Crippen molar-refractivity contribution >= 4 is 12.0 Å². The predicted molar refractivity (Wildman–Crippen MR) is 64.9 cm³/mol. The van der Waals surface area contributed by atoms with Crippen molar-refractivity contribution in [1.29, 1.82) is 0 Å². The van der Waals surface area contributed by atoms with Crippen molar-refractivity contribution in [2.75, 3.05) is 0 Å². The number of nitrogens with zero attached hydrogens (tertiary/aromatic N) is 2. The van der Waals surface area contributed by atoms with E-state index in [0.29, 0.717) is 11.3 Å². The Labute approximate surface area is 103 Å². The lowest BCUT2D eigenvalue weighted by Crippen LogP contribution is -1.97. The summed E-state index contributed by atoms with van der Waals surface area (Å²) in [7, 11) is 0. The Morgan fingerprint density at radius 1 is 1.44 bits per heavy atom. The molecule has 1 aromatic carbocycles. The molecule has 0 spiro atoms. The van der Waals surface area contributed by atoms with E-state index in [1.54, 1.807) is 30.0 Å². The van der Waals surface area contributed by atoms with Crippen LogP contribution in [0.15, 0.2) is 36.7 Å². The topological polar surface area (TPSA) is 55.1 Å². The van der Waals surface area contributed by atoms with Gasteiger partial charge < -0.3 is 9.67 Å². The third kappa shape index (κ3) is 2.63. The molecule has 0 fully saturated rings. The molecule has 0 bridgehead atoms. The Balaban J connectivity index is 2.44. The fourth-order valence-corrected chi connectivity index (χ4v) is 1.65. The summed E-state index contributed by atoms with van der Waals surface area (Å²) in [5.41, 5.74) is 1.09. The molecule has 0 unspecified atom stereocenters. The summed E-state index contributed by atoms with van der Waals surface area (Å²) in [5, 5.41) is 8.55. The van der Waals surface area contributed by atoms with Crippen LogP contribution in [0.1, 0.15) is 11.4 Å². The molecule has 0 atom stereocenters. The molecule has 2 rings (SSSR count). The first-order valence-electron chi connectivity index (χ1n) is 5.28. The van der Waals surface area contributed by atoms with Gasteiger partial charge in [0.25, 0.3) is 0 Å². The van der Waals surface area contributed by atoms with E-state index in [9.17, 15) is 9.18 Å². The second kappa shape index (κ2) is 4.83. The second-order valence-corrected chi connectivity index (χ2v) is 3.76. The quantitative estimate of drug-likeness (QED) is 0.846. The lowest BCUT2D eigenvalue weighted by molar-refractivity contribution is -0.131. The fourth-order valence-electron chi connectivity index (χ4n) is 1.65. The molecule has 0 radical (unpaired) electrons. The maximum absolute atomic E-state index is 13.5. The van der Waals surface area contributed by atoms with Crippen LogP contribution in [0.3, 0.4) is 0 Å². The van der Waals surface area contributed by atoms with Gasteiger partial charge in [0.05, 0.1) is 5.69 Å². The Morgan fingerprint density at radius 2 is 2.22 bits per heavy atom. The first-order chi connectivity index (χ1) is 8.56. The van der Waals surface area contributed by atoms with Gasteiger partial charge in [-0.1, -0.05) is 0 Å². The zero-order valence-corrected chi connectivity index (χ0v) is 9.67. The Bertz CT molecular complexity index is 617. The normalized spacial score (nSPS) is 11.0. The number of halogens is 1. The number of aryl methyl sites for hydroxylation is 1. The van der Waals surface area contributed by atoms with Crippen LogP contribution in [0, 0.1) is 12.7 Å². The lowest BCUT2D eigenvalue weighted by Gasteiger charge is -2.06. The summed E-state index contributed by atoms with van der Waals surface area (Å²) in [6, 6.07) is 4.33. The van der Waals surface area contributed by atoms with Crippen molar-refractivity contribution in [3.8, 4) is 5.69 Å². The first-order valence-corrected chi connectivity index (χ1v) is 5.28. The monoisotopic (exact) mass is 246 g/mol. The van der Waals surface area contributed by atoms with Crippen molar-refractivity contribution in [1.82, 2.24) is 9.55 Å². The molecule has 5 heteroatoms. The predicted octanol–water partition coefficient (Wildman–Crippen LogP) is 2.42. The summed E-state index contributed by atoms with van der Waals surface area (Å²) in [6.45, 7) is 1.80. The van der Waals surface area contributed by atoms with Crippen LogP contribution in [0.2, 0.25) is 0 Å². The summed E-state index contributed by atoms with van der Waals surface area (Å²) in [4.78, 5) is 14.5. The first kappa shape index (κ1) is 12.0. The van der Waals surface area contributed by atoms with Crippen molar-refractivity contribution in [3.63, 3.8) is 0 Å². The van der Waals surface area contributed by atoms with Crippen molar-refractivity contribution in [2.24, 2.45) is 0 Å². The number of hydrogen-bond acceptors (Lipinski definition) is 2. The average Bonchev–Trinajstić information content (AvgIpc) is 2.72. The maximum Gasteiger partial charge on any atom is 0.328 e. The van der Waals surface area contributed by atoms with Gasteiger partial charge in [-0.15, -0.1) is 0 Å². The van der Waals surface area contributed by atoms with E-state index in [0.717, 1.165) is 11.9 Å². The van der Waals surface area contributed by atoms with E-state index in [-0.39, 0.29) is 0 Å². The number of carboxylic acid groups (broad SMARTS) is 1. The van der Waals surface area contributed by atoms with Gasteiger partial charge in [0, 0.05) is 18.5 Å². The smallest absolute Gasteiger partial charge is 0.328 e. The Kier molecular flexibility index (Phi) is 3.23. The van der Waals surface area contributed by atoms with Crippen molar-refractivity contribution in [2.45, 2.75) is 6.92 Å². The van der Waals surface area contributed by atoms with Crippen molar-refractivity contribution in [3.05, 3.63) is 53.9 Å². The molecule has 0 amide bonds. The number of carboxylic acids is 1. The van der Waals surface area contributed by atoms with Gasteiger partial charge in [-0.25, -0.2) is 14.2 Å². The summed E-state index contributed by atoms with van der Waals surface area (Å²) < 4.78 is 15.2. The fraction of sp³-hybridized carbons (Fsp3) is 0.0769. The minimum Gasteiger partial charge on any atom is -0.478 e. The number of hydrogen-bond donors (Lipinski definition) is 1. The van der Waals surface area contributed by atoms with Gasteiger partial charge in [0.1, 0.15) is 11.6 Å². The molecule has 0 aliphatic rings. The van der Waals surface area contributed by atoms with Crippen molar-refractivity contribution < 1.29 is 14.3 Å². The van der Waals surface area contributed by atoms with E-state index in [2.05, 4.69) is 4.98 Å². The van der Waals surface area contributed by atoms with Gasteiger partial charge in [-0.2, -0.15) is 0 Å². The zero-order valence-electron chi connectivity index (χ0n) is 9.67. The highest BCUT2D eigenvalue weighted by atomic mass is 19.1. The van der Waals surface area contributed by atoms with Crippen LogP contribution in [-0.2, 0) is 4.79 Å². The molecule has 1 aromatic heterocycles. The van der Waals surface area contributed by atoms with Gasteiger partial charge in [0.2, 0.25) is 0 Å². The zero-order chi connectivity index (χ0) is 13.1. The number of imidazole rings is 1. The van der Waals surface area contributed by atoms with Crippen LogP contribution in [0.25, 0.3) is 11.8 Å². The number of benzene rings is 1. The minimum absolute atomic E-state index is 0.425. The van der Waals surface area contributed by atoms with E-state index in [4.69, 9.17) is 5.11 Å². The third-order valence-electron chi connectivity index (χ3n) is 2.43. The van der Waals surface area contributed by atoms with Gasteiger partial charge in [-0.05, 0) is 36.8 Å². The van der Waals surface area contributed by atoms with Gasteiger partial charge in [-0.3, -0.25) is 0 Å². The SMILES string of the molecule is Cc1nccn1-c1cc(F)cc(/C=C/C(=O)O)c1. The molecule has 2 aromatic rings. The maximum atomic E-state index is 13.5. The standard InChI is InChI=1S/C13H11FN2O2/c1-9-15-4-5-16(9)12-7-10(2-3-13(17)18)6-11(14)8-12/h2-8H,1H3,(H,17,18)/b3-2+. The largest absolute Gasteiger partial charge is 0.478 e. The molecule has 0 aliphatic carbocycles. The number of rotatable bonds is 3. The molecular formula is C13H11FN2O2. The third-order valence-corrected chi connectivity index (χ3v) is 2.43. The second-order valence-electron chi connectivity index (χ2n) is 3.76. The van der Waals surface area contributed by atoms with Gasteiger partial charge in [0.15, 0.2) is 0 Å². The molecule has 18 heavy (non-hydrogen) atoms. The Hall–Kier alpha value is -2.43. The number of aliphatic carboxylic acids is 1. The van der Waals surface area contributed by atoms with E-state index in [1.165, 1.54) is 18.2 Å². The van der Waals surface area contributed by atoms with Crippen LogP contribution in [0.5, 0.6) is 0 Å². The average molecular weight is 246 g/mol. The highest BCUT2D eigenvalue weighted by Crippen LogP contribution is 2.16. The molecular weight excluding hydrogens is 235 g/mol. The molecule has 92 valence electrons. The van der Waals surface area contributed by atoms with E-state index in [1.807, 2.05) is 0 Å². The van der Waals surface area contributed by atoms with Gasteiger partial charge >= 0.3 is 5.97 Å². The van der Waals surface area contributed by atoms with E-state index < -0.39 is 11.8 Å². The summed E-state index contributed by atoms with van der Waals surface area (Å²) in [5.74, 6) is -0.765. The minimum atomic E-state index is -1.07. The summed E-state index contributed by atoms with van der Waals surface area (Å²) >= 11 is 0. The highest BCUT2D eigenvalue weighted by molar-refractivity contribution is 5.85. The molecule has 0 saturated heterocycles. The molecule has 0 aliphatic heterocycles. The Morgan fingerprint density at radius 3 is 2.83 bits per heavy atom. The highest BCUT2D eigenvalue weighted by Gasteiger charge is 2.04. The molecule has 0 saturated carbocycles. The molecule has 4 nitrogen and oxygen atoms in total.